The van der Waals surface area contributed by atoms with E-state index in [0.29, 0.717) is 0 Å². The summed E-state index contributed by atoms with van der Waals surface area (Å²) in [6.45, 7) is -4.96. The lowest BCUT2D eigenvalue weighted by Crippen LogP contribution is -2.35. The van der Waals surface area contributed by atoms with Gasteiger partial charge in [0, 0.05) is 0 Å². The minimum atomic E-state index is -5.05. The molecule has 0 amide bonds. The van der Waals surface area contributed by atoms with Crippen LogP contribution in [0.15, 0.2) is 60.7 Å². The minimum Gasteiger partial charge on any atom is -0.493 e. The summed E-state index contributed by atoms with van der Waals surface area (Å²) in [7, 11) is 0. The quantitative estimate of drug-likeness (QED) is 0.754. The molecule has 0 bridgehead atoms. The van der Waals surface area contributed by atoms with E-state index in [9.17, 15) is 12.9 Å². The number of para-hydroxylation sites is 1. The highest BCUT2D eigenvalue weighted by Crippen LogP contribution is 2.17. The predicted molar refractivity (Wildman–Crippen MR) is 76.1 cm³/mol. The monoisotopic (exact) mass is 277 g/mol. The first-order valence-corrected chi connectivity index (χ1v) is 6.20. The molecule has 2 aromatic rings. The predicted octanol–water partition coefficient (Wildman–Crippen LogP) is 3.83. The van der Waals surface area contributed by atoms with E-state index in [4.69, 9.17) is 4.74 Å². The summed E-state index contributed by atoms with van der Waals surface area (Å²) in [4.78, 5) is 0. The number of halogens is 3. The zero-order valence-corrected chi connectivity index (χ0v) is 10.7. The zero-order chi connectivity index (χ0) is 14.4. The summed E-state index contributed by atoms with van der Waals surface area (Å²) >= 11 is 0. The van der Waals surface area contributed by atoms with Crippen molar-refractivity contribution < 1.29 is 17.7 Å². The Hall–Kier alpha value is -2.17. The van der Waals surface area contributed by atoms with E-state index in [1.54, 1.807) is 12.2 Å². The standard InChI is InChI=1S/C15H13BF3O/c17-16(18,19)14-10-4-5-11-15(14)20-12-6-9-13-7-2-1-3-8-13/h1-11H,12H2/q-1. The smallest absolute Gasteiger partial charge is 0.493 e. The third-order valence-electron chi connectivity index (χ3n) is 2.72. The van der Waals surface area contributed by atoms with Gasteiger partial charge >= 0.3 is 6.98 Å². The van der Waals surface area contributed by atoms with Crippen molar-refractivity contribution in [3.63, 3.8) is 0 Å². The molecule has 2 rings (SSSR count). The molecule has 0 aliphatic carbocycles. The summed E-state index contributed by atoms with van der Waals surface area (Å²) in [5.74, 6) is -0.127. The van der Waals surface area contributed by atoms with E-state index < -0.39 is 12.4 Å². The van der Waals surface area contributed by atoms with Crippen molar-refractivity contribution in [3.8, 4) is 5.75 Å². The fourth-order valence-corrected chi connectivity index (χ4v) is 1.77. The normalized spacial score (nSPS) is 11.8. The van der Waals surface area contributed by atoms with Crippen LogP contribution in [0.2, 0.25) is 0 Å². The lowest BCUT2D eigenvalue weighted by molar-refractivity contribution is 0.363. The number of hydrogen-bond acceptors (Lipinski definition) is 1. The van der Waals surface area contributed by atoms with Crippen molar-refractivity contribution in [1.29, 1.82) is 0 Å². The molecule has 0 atom stereocenters. The third kappa shape index (κ3) is 3.92. The summed E-state index contributed by atoms with van der Waals surface area (Å²) in [6.07, 6.45) is 3.50. The lowest BCUT2D eigenvalue weighted by Gasteiger charge is -2.19. The van der Waals surface area contributed by atoms with E-state index in [1.165, 1.54) is 18.2 Å². The molecule has 0 unspecified atom stereocenters. The molecule has 0 saturated carbocycles. The SMILES string of the molecule is F[B-](F)(F)c1ccccc1OCC=Cc1ccccc1. The van der Waals surface area contributed by atoms with Crippen LogP contribution in [0.1, 0.15) is 5.56 Å². The second-order valence-corrected chi connectivity index (χ2v) is 4.24. The van der Waals surface area contributed by atoms with E-state index in [1.807, 2.05) is 30.3 Å². The minimum absolute atomic E-state index is 0.0953. The number of hydrogen-bond donors (Lipinski definition) is 0. The van der Waals surface area contributed by atoms with Crippen LogP contribution in [0.3, 0.4) is 0 Å². The van der Waals surface area contributed by atoms with Crippen molar-refractivity contribution in [2.45, 2.75) is 0 Å². The molecule has 5 heteroatoms. The van der Waals surface area contributed by atoms with Crippen LogP contribution in [0.25, 0.3) is 6.08 Å². The van der Waals surface area contributed by atoms with Crippen LogP contribution in [0.5, 0.6) is 5.75 Å². The van der Waals surface area contributed by atoms with Crippen molar-refractivity contribution in [1.82, 2.24) is 0 Å². The van der Waals surface area contributed by atoms with E-state index >= 15 is 0 Å². The number of ether oxygens (including phenoxy) is 1. The van der Waals surface area contributed by atoms with Gasteiger partial charge in [-0.25, -0.2) is 0 Å². The van der Waals surface area contributed by atoms with Gasteiger partial charge in [-0.2, -0.15) is 0 Å². The summed E-state index contributed by atoms with van der Waals surface area (Å²) in [6, 6.07) is 14.8. The molecule has 0 N–H and O–H groups in total. The first kappa shape index (κ1) is 14.2. The van der Waals surface area contributed by atoms with Gasteiger partial charge in [0.25, 0.3) is 0 Å². The van der Waals surface area contributed by atoms with E-state index in [2.05, 4.69) is 0 Å². The van der Waals surface area contributed by atoms with Crippen molar-refractivity contribution in [2.75, 3.05) is 6.61 Å². The van der Waals surface area contributed by atoms with Crippen LogP contribution in [-0.4, -0.2) is 13.6 Å². The Labute approximate surface area is 115 Å². The van der Waals surface area contributed by atoms with Crippen molar-refractivity contribution in [2.24, 2.45) is 0 Å². The summed E-state index contributed by atoms with van der Waals surface area (Å²) < 4.78 is 43.6. The highest BCUT2D eigenvalue weighted by atomic mass is 19.4. The molecule has 0 heterocycles. The van der Waals surface area contributed by atoms with Crippen LogP contribution in [0.4, 0.5) is 12.9 Å². The molecule has 0 radical (unpaired) electrons. The fraction of sp³-hybridized carbons (Fsp3) is 0.0667. The molecule has 0 aromatic heterocycles. The van der Waals surface area contributed by atoms with Crippen molar-refractivity contribution in [3.05, 3.63) is 66.2 Å². The summed E-state index contributed by atoms with van der Waals surface area (Å²) in [5, 5.41) is 0. The molecule has 0 fully saturated rings. The van der Waals surface area contributed by atoms with Crippen LogP contribution in [-0.2, 0) is 0 Å². The van der Waals surface area contributed by atoms with Crippen LogP contribution >= 0.6 is 0 Å². The first-order valence-electron chi connectivity index (χ1n) is 6.20. The largest absolute Gasteiger partial charge is 0.513 e. The maximum Gasteiger partial charge on any atom is 0.513 e. The Balaban J connectivity index is 2.00. The molecule has 0 aliphatic rings. The third-order valence-corrected chi connectivity index (χ3v) is 2.72. The van der Waals surface area contributed by atoms with Gasteiger partial charge in [-0.15, -0.1) is 0 Å². The molecule has 1 nitrogen and oxygen atoms in total. The van der Waals surface area contributed by atoms with Gasteiger partial charge in [0.2, 0.25) is 0 Å². The lowest BCUT2D eigenvalue weighted by atomic mass is 9.79. The Morgan fingerprint density at radius 2 is 1.55 bits per heavy atom. The average Bonchev–Trinajstić information content (AvgIpc) is 2.44. The molecular weight excluding hydrogens is 264 g/mol. The van der Waals surface area contributed by atoms with Gasteiger partial charge in [-0.05, 0) is 17.7 Å². The van der Waals surface area contributed by atoms with Gasteiger partial charge in [-0.1, -0.05) is 60.1 Å². The van der Waals surface area contributed by atoms with E-state index in [0.717, 1.165) is 11.6 Å². The fourth-order valence-electron chi connectivity index (χ4n) is 1.77. The molecule has 0 saturated heterocycles. The Kier molecular flexibility index (Phi) is 4.51. The maximum atomic E-state index is 12.8. The van der Waals surface area contributed by atoms with Gasteiger partial charge in [0.1, 0.15) is 6.61 Å². The van der Waals surface area contributed by atoms with Crippen LogP contribution in [0, 0.1) is 0 Å². The maximum absolute atomic E-state index is 12.8. The molecule has 2 aromatic carbocycles. The Bertz CT molecular complexity index is 579. The number of benzene rings is 2. The second kappa shape index (κ2) is 6.32. The second-order valence-electron chi connectivity index (χ2n) is 4.24. The van der Waals surface area contributed by atoms with Gasteiger partial charge in [0.15, 0.2) is 0 Å². The first-order chi connectivity index (χ1) is 9.57. The highest BCUT2D eigenvalue weighted by molar-refractivity contribution is 6.74. The topological polar surface area (TPSA) is 9.23 Å². The van der Waals surface area contributed by atoms with E-state index in [-0.39, 0.29) is 12.4 Å². The van der Waals surface area contributed by atoms with Crippen LogP contribution < -0.4 is 10.2 Å². The Morgan fingerprint density at radius 1 is 0.900 bits per heavy atom. The molecule has 104 valence electrons. The van der Waals surface area contributed by atoms with Gasteiger partial charge < -0.3 is 17.7 Å². The summed E-state index contributed by atoms with van der Waals surface area (Å²) in [5.41, 5.74) is 0.282. The average molecular weight is 277 g/mol. The highest BCUT2D eigenvalue weighted by Gasteiger charge is 2.28. The van der Waals surface area contributed by atoms with Gasteiger partial charge in [-0.3, -0.25) is 0 Å². The molecule has 0 spiro atoms. The zero-order valence-electron chi connectivity index (χ0n) is 10.7. The van der Waals surface area contributed by atoms with Crippen molar-refractivity contribution >= 4 is 18.5 Å². The molecular formula is C15H13BF3O-. The molecule has 0 aliphatic heterocycles. The Morgan fingerprint density at radius 3 is 2.25 bits per heavy atom. The number of rotatable bonds is 5. The molecule has 20 heavy (non-hydrogen) atoms. The van der Waals surface area contributed by atoms with Gasteiger partial charge in [0.05, 0.1) is 5.75 Å².